The molecule has 0 spiro atoms. The second-order valence-corrected chi connectivity index (χ2v) is 5.87. The predicted octanol–water partition coefficient (Wildman–Crippen LogP) is 1.81. The molecule has 0 bridgehead atoms. The number of anilines is 1. The van der Waals surface area contributed by atoms with Gasteiger partial charge in [0, 0.05) is 29.8 Å². The Balaban J connectivity index is 2.56. The largest absolute Gasteiger partial charge is 0.366 e. The Kier molecular flexibility index (Phi) is 5.27. The van der Waals surface area contributed by atoms with E-state index in [2.05, 4.69) is 31.4 Å². The zero-order chi connectivity index (χ0) is 15.3. The van der Waals surface area contributed by atoms with E-state index in [0.717, 1.165) is 5.56 Å². The number of primary amides is 1. The topological polar surface area (TPSA) is 84.2 Å². The highest BCUT2D eigenvalue weighted by atomic mass is 16.2. The fourth-order valence-corrected chi connectivity index (χ4v) is 1.72. The molecule has 0 aliphatic carbocycles. The van der Waals surface area contributed by atoms with Crippen molar-refractivity contribution in [2.45, 2.75) is 39.7 Å². The van der Waals surface area contributed by atoms with Crippen molar-refractivity contribution in [2.75, 3.05) is 11.9 Å². The van der Waals surface area contributed by atoms with Crippen molar-refractivity contribution in [3.8, 4) is 0 Å². The van der Waals surface area contributed by atoms with E-state index in [1.165, 1.54) is 0 Å². The molecule has 110 valence electrons. The number of nitrogens with one attached hydrogen (secondary N) is 2. The molecular weight excluding hydrogens is 254 g/mol. The summed E-state index contributed by atoms with van der Waals surface area (Å²) in [6.07, 6.45) is 0.397. The predicted molar refractivity (Wildman–Crippen MR) is 80.7 cm³/mol. The first-order valence-electron chi connectivity index (χ1n) is 6.64. The molecule has 5 heteroatoms. The normalized spacial score (nSPS) is 11.2. The van der Waals surface area contributed by atoms with Gasteiger partial charge in [0.15, 0.2) is 0 Å². The summed E-state index contributed by atoms with van der Waals surface area (Å²) in [5.41, 5.74) is 7.17. The van der Waals surface area contributed by atoms with Gasteiger partial charge in [0.1, 0.15) is 0 Å². The quantitative estimate of drug-likeness (QED) is 0.767. The molecule has 0 saturated carbocycles. The maximum atomic E-state index is 11.8. The van der Waals surface area contributed by atoms with Crippen LogP contribution in [0.3, 0.4) is 0 Å². The maximum absolute atomic E-state index is 11.8. The van der Waals surface area contributed by atoms with Gasteiger partial charge in [-0.05, 0) is 51.5 Å². The third kappa shape index (κ3) is 5.40. The number of nitrogens with two attached hydrogens (primary N) is 1. The highest BCUT2D eigenvalue weighted by molar-refractivity contribution is 5.95. The minimum Gasteiger partial charge on any atom is -0.366 e. The summed E-state index contributed by atoms with van der Waals surface area (Å²) in [6, 6.07) is 4.98. The fraction of sp³-hybridized carbons (Fsp3) is 0.467. The van der Waals surface area contributed by atoms with Gasteiger partial charge in [-0.2, -0.15) is 0 Å². The van der Waals surface area contributed by atoms with Crippen LogP contribution in [0.1, 0.15) is 43.1 Å². The summed E-state index contributed by atoms with van der Waals surface area (Å²) in [7, 11) is 0. The number of carbonyl (C=O) groups excluding carboxylic acids is 2. The van der Waals surface area contributed by atoms with Gasteiger partial charge in [0.05, 0.1) is 0 Å². The third-order valence-electron chi connectivity index (χ3n) is 2.79. The Bertz CT molecular complexity index is 504. The van der Waals surface area contributed by atoms with Crippen LogP contribution in [-0.4, -0.2) is 23.9 Å². The number of hydrogen-bond acceptors (Lipinski definition) is 3. The smallest absolute Gasteiger partial charge is 0.248 e. The monoisotopic (exact) mass is 277 g/mol. The molecule has 0 heterocycles. The molecule has 0 aromatic heterocycles. The lowest BCUT2D eigenvalue weighted by Gasteiger charge is -2.20. The van der Waals surface area contributed by atoms with Crippen LogP contribution in [0.15, 0.2) is 18.2 Å². The van der Waals surface area contributed by atoms with Gasteiger partial charge in [0.25, 0.3) is 0 Å². The summed E-state index contributed by atoms with van der Waals surface area (Å²) in [5, 5.41) is 6.09. The zero-order valence-electron chi connectivity index (χ0n) is 12.5. The van der Waals surface area contributed by atoms with Crippen molar-refractivity contribution >= 4 is 17.5 Å². The molecule has 2 amide bonds. The Labute approximate surface area is 119 Å². The van der Waals surface area contributed by atoms with E-state index < -0.39 is 5.91 Å². The number of hydrogen-bond donors (Lipinski definition) is 3. The Morgan fingerprint density at radius 3 is 2.40 bits per heavy atom. The number of carbonyl (C=O) groups is 2. The molecule has 1 aromatic carbocycles. The van der Waals surface area contributed by atoms with Gasteiger partial charge in [0.2, 0.25) is 11.8 Å². The summed E-state index contributed by atoms with van der Waals surface area (Å²) in [4.78, 5) is 22.9. The lowest BCUT2D eigenvalue weighted by atomic mass is 10.1. The van der Waals surface area contributed by atoms with E-state index in [1.807, 2.05) is 6.92 Å². The molecule has 0 aliphatic heterocycles. The van der Waals surface area contributed by atoms with Crippen molar-refractivity contribution < 1.29 is 9.59 Å². The Hall–Kier alpha value is -1.88. The van der Waals surface area contributed by atoms with E-state index in [1.54, 1.807) is 18.2 Å². The van der Waals surface area contributed by atoms with Crippen LogP contribution >= 0.6 is 0 Å². The fourth-order valence-electron chi connectivity index (χ4n) is 1.72. The van der Waals surface area contributed by atoms with E-state index in [9.17, 15) is 9.59 Å². The lowest BCUT2D eigenvalue weighted by molar-refractivity contribution is -0.116. The summed E-state index contributed by atoms with van der Waals surface area (Å²) >= 11 is 0. The molecule has 0 fully saturated rings. The van der Waals surface area contributed by atoms with Crippen LogP contribution in [0.5, 0.6) is 0 Å². The molecule has 20 heavy (non-hydrogen) atoms. The van der Waals surface area contributed by atoms with Crippen LogP contribution in [0.25, 0.3) is 0 Å². The van der Waals surface area contributed by atoms with Gasteiger partial charge < -0.3 is 16.4 Å². The first kappa shape index (κ1) is 16.2. The van der Waals surface area contributed by atoms with Crippen LogP contribution in [0, 0.1) is 6.92 Å². The minimum atomic E-state index is -0.472. The van der Waals surface area contributed by atoms with E-state index >= 15 is 0 Å². The maximum Gasteiger partial charge on any atom is 0.248 e. The first-order valence-corrected chi connectivity index (χ1v) is 6.64. The minimum absolute atomic E-state index is 0.000662. The average Bonchev–Trinajstić information content (AvgIpc) is 2.29. The number of aryl methyl sites for hydroxylation is 1. The van der Waals surface area contributed by atoms with Gasteiger partial charge in [-0.25, -0.2) is 0 Å². The van der Waals surface area contributed by atoms with Crippen molar-refractivity contribution in [3.63, 3.8) is 0 Å². The summed E-state index contributed by atoms with van der Waals surface area (Å²) in [5.74, 6) is -0.531. The van der Waals surface area contributed by atoms with Gasteiger partial charge in [-0.1, -0.05) is 0 Å². The third-order valence-corrected chi connectivity index (χ3v) is 2.79. The first-order chi connectivity index (χ1) is 9.19. The molecule has 5 nitrogen and oxygen atoms in total. The van der Waals surface area contributed by atoms with Gasteiger partial charge in [-0.3, -0.25) is 9.59 Å². The summed E-state index contributed by atoms with van der Waals surface area (Å²) in [6.45, 7) is 8.61. The van der Waals surface area contributed by atoms with E-state index in [-0.39, 0.29) is 11.4 Å². The Morgan fingerprint density at radius 2 is 1.90 bits per heavy atom. The molecule has 0 unspecified atom stereocenters. The van der Waals surface area contributed by atoms with Crippen LogP contribution in [0.4, 0.5) is 5.69 Å². The number of amides is 2. The van der Waals surface area contributed by atoms with Crippen molar-refractivity contribution in [2.24, 2.45) is 5.73 Å². The summed E-state index contributed by atoms with van der Waals surface area (Å²) < 4.78 is 0. The molecule has 1 aromatic rings. The lowest BCUT2D eigenvalue weighted by Crippen LogP contribution is -2.37. The van der Waals surface area contributed by atoms with Crippen molar-refractivity contribution in [1.29, 1.82) is 0 Å². The van der Waals surface area contributed by atoms with Gasteiger partial charge in [-0.15, -0.1) is 0 Å². The standard InChI is InChI=1S/C15H23N3O2/c1-10-9-11(14(16)20)5-6-12(10)18-13(19)7-8-17-15(2,3)4/h5-6,9,17H,7-8H2,1-4H3,(H2,16,20)(H,18,19). The highest BCUT2D eigenvalue weighted by Gasteiger charge is 2.11. The number of benzene rings is 1. The van der Waals surface area contributed by atoms with Crippen LogP contribution in [-0.2, 0) is 4.79 Å². The SMILES string of the molecule is Cc1cc(C(N)=O)ccc1NC(=O)CCNC(C)(C)C. The van der Waals surface area contributed by atoms with Crippen molar-refractivity contribution in [1.82, 2.24) is 5.32 Å². The molecule has 0 radical (unpaired) electrons. The van der Waals surface area contributed by atoms with E-state index in [0.29, 0.717) is 24.2 Å². The molecule has 4 N–H and O–H groups in total. The zero-order valence-corrected chi connectivity index (χ0v) is 12.5. The van der Waals surface area contributed by atoms with Crippen molar-refractivity contribution in [3.05, 3.63) is 29.3 Å². The molecule has 0 aliphatic rings. The van der Waals surface area contributed by atoms with E-state index in [4.69, 9.17) is 5.73 Å². The number of rotatable bonds is 5. The van der Waals surface area contributed by atoms with Crippen LogP contribution < -0.4 is 16.4 Å². The Morgan fingerprint density at radius 1 is 1.25 bits per heavy atom. The van der Waals surface area contributed by atoms with Gasteiger partial charge >= 0.3 is 0 Å². The van der Waals surface area contributed by atoms with Crippen LogP contribution in [0.2, 0.25) is 0 Å². The molecule has 0 saturated heterocycles. The molecular formula is C15H23N3O2. The second kappa shape index (κ2) is 6.52. The molecule has 0 atom stereocenters. The molecule has 1 rings (SSSR count). The average molecular weight is 277 g/mol. The highest BCUT2D eigenvalue weighted by Crippen LogP contribution is 2.16. The second-order valence-electron chi connectivity index (χ2n) is 5.87.